The van der Waals surface area contributed by atoms with Crippen LogP contribution in [-0.4, -0.2) is 45.4 Å². The van der Waals surface area contributed by atoms with E-state index in [0.29, 0.717) is 36.1 Å². The second-order valence-electron chi connectivity index (χ2n) is 7.88. The summed E-state index contributed by atoms with van der Waals surface area (Å²) in [4.78, 5) is 26.7. The van der Waals surface area contributed by atoms with Crippen molar-refractivity contribution in [2.75, 3.05) is 13.2 Å². The fourth-order valence-corrected chi connectivity index (χ4v) is 3.46. The summed E-state index contributed by atoms with van der Waals surface area (Å²) >= 11 is 0. The summed E-state index contributed by atoms with van der Waals surface area (Å²) in [5.74, 6) is 6.28. The predicted octanol–water partition coefficient (Wildman–Crippen LogP) is 3.20. The van der Waals surface area contributed by atoms with Gasteiger partial charge in [0.2, 0.25) is 11.8 Å². The number of hydrogen-bond donors (Lipinski definition) is 1. The highest BCUT2D eigenvalue weighted by Gasteiger charge is 2.34. The highest BCUT2D eigenvalue weighted by Crippen LogP contribution is 2.33. The number of carbonyl (C=O) groups is 1. The largest absolute Gasteiger partial charge is 0.471 e. The van der Waals surface area contributed by atoms with Gasteiger partial charge < -0.3 is 15.5 Å². The Bertz CT molecular complexity index is 1050. The van der Waals surface area contributed by atoms with E-state index in [1.165, 1.54) is 18.3 Å². The summed E-state index contributed by atoms with van der Waals surface area (Å²) in [6.07, 6.45) is 3.10. The molecule has 1 fully saturated rings. The van der Waals surface area contributed by atoms with Crippen LogP contribution < -0.4 is 10.6 Å². The molecule has 8 nitrogen and oxygen atoms in total. The topological polar surface area (TPSA) is 106 Å². The van der Waals surface area contributed by atoms with Gasteiger partial charge in [-0.3, -0.25) is 9.78 Å². The number of aromatic nitrogens is 2. The minimum absolute atomic E-state index is 0.0429. The maximum atomic E-state index is 12.7. The molecule has 0 atom stereocenters. The van der Waals surface area contributed by atoms with Crippen LogP contribution in [0.2, 0.25) is 0 Å². The van der Waals surface area contributed by atoms with Crippen molar-refractivity contribution in [3.63, 3.8) is 0 Å². The van der Waals surface area contributed by atoms with E-state index in [4.69, 9.17) is 10.6 Å². The van der Waals surface area contributed by atoms with Gasteiger partial charge in [0.25, 0.3) is 6.43 Å². The Morgan fingerprint density at radius 2 is 2.09 bits per heavy atom. The number of ether oxygens (including phenoxy) is 1. The third-order valence-corrected chi connectivity index (χ3v) is 5.53. The number of nitrogens with zero attached hydrogens (tertiary/aromatic N) is 5. The normalized spacial score (nSPS) is 16.8. The SMILES string of the molecule is C/C(=N/N)C(COc1cc2c(cn1)CN(C(=O)C1CC1)CC2)=Nc1ccc(C(F)F)nc1. The van der Waals surface area contributed by atoms with Crippen LogP contribution in [-0.2, 0) is 17.8 Å². The molecule has 1 saturated carbocycles. The smallest absolute Gasteiger partial charge is 0.280 e. The van der Waals surface area contributed by atoms with E-state index in [0.717, 1.165) is 30.4 Å². The molecule has 1 aliphatic heterocycles. The number of fused-ring (bicyclic) bond motifs is 1. The molecule has 10 heteroatoms. The van der Waals surface area contributed by atoms with Gasteiger partial charge in [-0.15, -0.1) is 0 Å². The van der Waals surface area contributed by atoms with Crippen molar-refractivity contribution in [1.29, 1.82) is 0 Å². The van der Waals surface area contributed by atoms with E-state index < -0.39 is 6.43 Å². The zero-order valence-corrected chi connectivity index (χ0v) is 17.7. The lowest BCUT2D eigenvalue weighted by Gasteiger charge is -2.29. The van der Waals surface area contributed by atoms with E-state index in [1.807, 2.05) is 11.0 Å². The Labute approximate surface area is 184 Å². The van der Waals surface area contributed by atoms with Crippen molar-refractivity contribution in [3.05, 3.63) is 47.4 Å². The number of aliphatic imine (C=N–C) groups is 1. The number of nitrogens with two attached hydrogens (primary N) is 1. The Morgan fingerprint density at radius 1 is 1.28 bits per heavy atom. The van der Waals surface area contributed by atoms with Crippen LogP contribution in [0.3, 0.4) is 0 Å². The minimum Gasteiger partial charge on any atom is -0.471 e. The van der Waals surface area contributed by atoms with Gasteiger partial charge in [0.1, 0.15) is 18.0 Å². The zero-order chi connectivity index (χ0) is 22.7. The molecular formula is C22H24F2N6O2. The van der Waals surface area contributed by atoms with Crippen LogP contribution >= 0.6 is 0 Å². The molecule has 0 radical (unpaired) electrons. The van der Waals surface area contributed by atoms with E-state index >= 15 is 0 Å². The Morgan fingerprint density at radius 3 is 2.75 bits per heavy atom. The summed E-state index contributed by atoms with van der Waals surface area (Å²) in [5.41, 5.74) is 3.06. The molecule has 1 amide bonds. The van der Waals surface area contributed by atoms with Crippen LogP contribution in [0.5, 0.6) is 5.88 Å². The monoisotopic (exact) mass is 442 g/mol. The fraction of sp³-hybridized carbons (Fsp3) is 0.409. The van der Waals surface area contributed by atoms with Crippen LogP contribution in [0.25, 0.3) is 0 Å². The zero-order valence-electron chi connectivity index (χ0n) is 17.7. The molecule has 4 rings (SSSR count). The van der Waals surface area contributed by atoms with Gasteiger partial charge in [-0.25, -0.2) is 18.8 Å². The molecule has 2 N–H and O–H groups in total. The molecule has 2 aromatic heterocycles. The maximum Gasteiger partial charge on any atom is 0.280 e. The third kappa shape index (κ3) is 5.06. The summed E-state index contributed by atoms with van der Waals surface area (Å²) in [6, 6.07) is 4.54. The molecule has 0 bridgehead atoms. The number of halogens is 2. The number of hydrazone groups is 1. The van der Waals surface area contributed by atoms with Gasteiger partial charge >= 0.3 is 0 Å². The molecule has 0 saturated heterocycles. The van der Waals surface area contributed by atoms with E-state index in [9.17, 15) is 13.6 Å². The first-order chi connectivity index (χ1) is 15.4. The van der Waals surface area contributed by atoms with Crippen molar-refractivity contribution >= 4 is 23.0 Å². The first kappa shape index (κ1) is 21.8. The first-order valence-corrected chi connectivity index (χ1v) is 10.4. The molecule has 2 aliphatic rings. The molecule has 0 aromatic carbocycles. The van der Waals surface area contributed by atoms with Crippen molar-refractivity contribution in [3.8, 4) is 5.88 Å². The van der Waals surface area contributed by atoms with Gasteiger partial charge in [-0.2, -0.15) is 5.10 Å². The lowest BCUT2D eigenvalue weighted by atomic mass is 10.0. The molecule has 1 aliphatic carbocycles. The second-order valence-corrected chi connectivity index (χ2v) is 7.88. The number of amides is 1. The number of pyridine rings is 2. The fourth-order valence-electron chi connectivity index (χ4n) is 3.46. The van der Waals surface area contributed by atoms with Crippen LogP contribution in [0.1, 0.15) is 43.0 Å². The lowest BCUT2D eigenvalue weighted by Crippen LogP contribution is -2.37. The minimum atomic E-state index is -2.64. The lowest BCUT2D eigenvalue weighted by molar-refractivity contribution is -0.133. The van der Waals surface area contributed by atoms with Crippen molar-refractivity contribution in [1.82, 2.24) is 14.9 Å². The second kappa shape index (κ2) is 9.37. The average molecular weight is 442 g/mol. The maximum absolute atomic E-state index is 12.7. The van der Waals surface area contributed by atoms with E-state index in [1.54, 1.807) is 13.1 Å². The molecule has 168 valence electrons. The number of rotatable bonds is 7. The number of hydrogen-bond acceptors (Lipinski definition) is 7. The van der Waals surface area contributed by atoms with Gasteiger partial charge in [-0.1, -0.05) is 0 Å². The third-order valence-electron chi connectivity index (χ3n) is 5.53. The molecule has 0 unspecified atom stereocenters. The molecule has 3 heterocycles. The van der Waals surface area contributed by atoms with Gasteiger partial charge in [0, 0.05) is 31.3 Å². The van der Waals surface area contributed by atoms with Gasteiger partial charge in [0.05, 0.1) is 17.6 Å². The number of carbonyl (C=O) groups excluding carboxylic acids is 1. The Balaban J connectivity index is 1.44. The van der Waals surface area contributed by atoms with E-state index in [-0.39, 0.29) is 24.1 Å². The standard InChI is InChI=1S/C22H24F2N6O2/c1-13(29-25)19(28-17-4-5-18(21(23)24)26-10-17)12-32-20-8-15-6-7-30(11-16(15)9-27-20)22(31)14-2-3-14/h4-5,8-10,14,21H,2-3,6-7,11-12,25H2,1H3/b28-19?,29-13-. The Hall–Kier alpha value is -3.43. The summed E-state index contributed by atoms with van der Waals surface area (Å²) in [6.45, 7) is 2.99. The predicted molar refractivity (Wildman–Crippen MR) is 115 cm³/mol. The quantitative estimate of drug-likeness (QED) is 0.403. The van der Waals surface area contributed by atoms with Crippen molar-refractivity contribution in [2.24, 2.45) is 21.9 Å². The molecule has 0 spiro atoms. The highest BCUT2D eigenvalue weighted by molar-refractivity contribution is 6.42. The number of alkyl halides is 2. The summed E-state index contributed by atoms with van der Waals surface area (Å²) in [5, 5.41) is 3.66. The van der Waals surface area contributed by atoms with Crippen molar-refractivity contribution < 1.29 is 18.3 Å². The average Bonchev–Trinajstić information content (AvgIpc) is 3.66. The summed E-state index contributed by atoms with van der Waals surface area (Å²) < 4.78 is 31.2. The highest BCUT2D eigenvalue weighted by atomic mass is 19.3. The van der Waals surface area contributed by atoms with Crippen LogP contribution in [0, 0.1) is 5.92 Å². The van der Waals surface area contributed by atoms with Gasteiger partial charge in [-0.05, 0) is 49.4 Å². The molecule has 2 aromatic rings. The van der Waals surface area contributed by atoms with Crippen LogP contribution in [0.15, 0.2) is 40.7 Å². The first-order valence-electron chi connectivity index (χ1n) is 10.4. The molecule has 32 heavy (non-hydrogen) atoms. The summed E-state index contributed by atoms with van der Waals surface area (Å²) in [7, 11) is 0. The van der Waals surface area contributed by atoms with E-state index in [2.05, 4.69) is 20.1 Å². The van der Waals surface area contributed by atoms with Crippen LogP contribution in [0.4, 0.5) is 14.5 Å². The van der Waals surface area contributed by atoms with Crippen molar-refractivity contribution in [2.45, 2.75) is 39.2 Å². The molecular weight excluding hydrogens is 418 g/mol. The van der Waals surface area contributed by atoms with Gasteiger partial charge in [0.15, 0.2) is 0 Å². The Kier molecular flexibility index (Phi) is 6.38.